The maximum Gasteiger partial charge on any atom is 0.251 e. The SMILES string of the molecule is Cl.O=C(NCC1CCNC1)c1ccc(Br)cc1. The predicted octanol–water partition coefficient (Wildman–Crippen LogP) is 2.21. The van der Waals surface area contributed by atoms with Crippen molar-refractivity contribution in [1.82, 2.24) is 10.6 Å². The molecule has 1 aliphatic heterocycles. The van der Waals surface area contributed by atoms with Gasteiger partial charge in [0.1, 0.15) is 0 Å². The first-order valence-corrected chi connectivity index (χ1v) is 6.29. The minimum absolute atomic E-state index is 0. The molecule has 1 aliphatic rings. The Morgan fingerprint density at radius 2 is 2.12 bits per heavy atom. The van der Waals surface area contributed by atoms with E-state index in [1.54, 1.807) is 0 Å². The second-order valence-corrected chi connectivity index (χ2v) is 4.99. The van der Waals surface area contributed by atoms with Crippen molar-refractivity contribution in [2.24, 2.45) is 5.92 Å². The summed E-state index contributed by atoms with van der Waals surface area (Å²) in [5.74, 6) is 0.596. The number of carbonyl (C=O) groups excluding carboxylic acids is 1. The summed E-state index contributed by atoms with van der Waals surface area (Å²) in [6, 6.07) is 7.41. The number of amides is 1. The van der Waals surface area contributed by atoms with Crippen molar-refractivity contribution in [3.05, 3.63) is 34.3 Å². The van der Waals surface area contributed by atoms with Gasteiger partial charge in [-0.05, 0) is 49.7 Å². The monoisotopic (exact) mass is 318 g/mol. The zero-order chi connectivity index (χ0) is 11.4. The number of hydrogen-bond donors (Lipinski definition) is 2. The lowest BCUT2D eigenvalue weighted by atomic mass is 10.1. The zero-order valence-corrected chi connectivity index (χ0v) is 11.8. The molecule has 1 aromatic carbocycles. The summed E-state index contributed by atoms with van der Waals surface area (Å²) >= 11 is 3.35. The molecular formula is C12H16BrClN2O. The van der Waals surface area contributed by atoms with Crippen LogP contribution in [0.1, 0.15) is 16.8 Å². The summed E-state index contributed by atoms with van der Waals surface area (Å²) in [7, 11) is 0. The molecule has 1 atom stereocenters. The van der Waals surface area contributed by atoms with Gasteiger partial charge in [0.05, 0.1) is 0 Å². The normalized spacial score (nSPS) is 18.5. The Hall–Kier alpha value is -0.580. The molecule has 94 valence electrons. The van der Waals surface area contributed by atoms with E-state index in [0.717, 1.165) is 30.5 Å². The van der Waals surface area contributed by atoms with Gasteiger partial charge < -0.3 is 10.6 Å². The van der Waals surface area contributed by atoms with Gasteiger partial charge in [0.2, 0.25) is 0 Å². The fraction of sp³-hybridized carbons (Fsp3) is 0.417. The first-order chi connectivity index (χ1) is 7.75. The van der Waals surface area contributed by atoms with Crippen molar-refractivity contribution in [2.75, 3.05) is 19.6 Å². The van der Waals surface area contributed by atoms with Gasteiger partial charge in [0, 0.05) is 16.6 Å². The zero-order valence-electron chi connectivity index (χ0n) is 9.41. The van der Waals surface area contributed by atoms with Gasteiger partial charge in [-0.25, -0.2) is 0 Å². The van der Waals surface area contributed by atoms with Gasteiger partial charge in [-0.3, -0.25) is 4.79 Å². The van der Waals surface area contributed by atoms with Gasteiger partial charge in [-0.2, -0.15) is 0 Å². The number of hydrogen-bond acceptors (Lipinski definition) is 2. The first-order valence-electron chi connectivity index (χ1n) is 5.50. The van der Waals surface area contributed by atoms with Crippen LogP contribution in [0.25, 0.3) is 0 Å². The van der Waals surface area contributed by atoms with Crippen molar-refractivity contribution in [1.29, 1.82) is 0 Å². The molecule has 1 unspecified atom stereocenters. The van der Waals surface area contributed by atoms with E-state index in [1.165, 1.54) is 0 Å². The van der Waals surface area contributed by atoms with Crippen LogP contribution < -0.4 is 10.6 Å². The maximum absolute atomic E-state index is 11.8. The van der Waals surface area contributed by atoms with Crippen molar-refractivity contribution in [3.63, 3.8) is 0 Å². The number of halogens is 2. The average Bonchev–Trinajstić information content (AvgIpc) is 2.80. The summed E-state index contributed by atoms with van der Waals surface area (Å²) < 4.78 is 0.990. The van der Waals surface area contributed by atoms with Crippen LogP contribution in [0.5, 0.6) is 0 Å². The van der Waals surface area contributed by atoms with Gasteiger partial charge in [0.25, 0.3) is 5.91 Å². The highest BCUT2D eigenvalue weighted by atomic mass is 79.9. The topological polar surface area (TPSA) is 41.1 Å². The van der Waals surface area contributed by atoms with Crippen LogP contribution in [0.15, 0.2) is 28.7 Å². The molecule has 1 saturated heterocycles. The fourth-order valence-electron chi connectivity index (χ4n) is 1.83. The second kappa shape index (κ2) is 6.99. The quantitative estimate of drug-likeness (QED) is 0.897. The minimum atomic E-state index is 0. The summed E-state index contributed by atoms with van der Waals surface area (Å²) in [6.07, 6.45) is 1.15. The van der Waals surface area contributed by atoms with Gasteiger partial charge in [0.15, 0.2) is 0 Å². The van der Waals surface area contributed by atoms with Crippen LogP contribution in [-0.4, -0.2) is 25.5 Å². The molecule has 3 nitrogen and oxygen atoms in total. The molecule has 0 spiro atoms. The first kappa shape index (κ1) is 14.5. The Morgan fingerprint density at radius 3 is 2.71 bits per heavy atom. The van der Waals surface area contributed by atoms with Crippen LogP contribution in [0, 0.1) is 5.92 Å². The molecule has 1 aromatic rings. The van der Waals surface area contributed by atoms with Crippen LogP contribution in [0.3, 0.4) is 0 Å². The lowest BCUT2D eigenvalue weighted by Crippen LogP contribution is -2.30. The summed E-state index contributed by atoms with van der Waals surface area (Å²) in [4.78, 5) is 11.8. The van der Waals surface area contributed by atoms with Gasteiger partial charge >= 0.3 is 0 Å². The van der Waals surface area contributed by atoms with E-state index >= 15 is 0 Å². The molecule has 1 amide bonds. The third-order valence-electron chi connectivity index (χ3n) is 2.82. The van der Waals surface area contributed by atoms with E-state index in [2.05, 4.69) is 26.6 Å². The molecule has 0 saturated carbocycles. The highest BCUT2D eigenvalue weighted by Gasteiger charge is 2.15. The highest BCUT2D eigenvalue weighted by molar-refractivity contribution is 9.10. The molecule has 1 heterocycles. The molecular weight excluding hydrogens is 304 g/mol. The smallest absolute Gasteiger partial charge is 0.251 e. The van der Waals surface area contributed by atoms with E-state index in [1.807, 2.05) is 24.3 Å². The highest BCUT2D eigenvalue weighted by Crippen LogP contribution is 2.11. The average molecular weight is 320 g/mol. The van der Waals surface area contributed by atoms with E-state index in [-0.39, 0.29) is 18.3 Å². The molecule has 0 aliphatic carbocycles. The van der Waals surface area contributed by atoms with E-state index in [0.29, 0.717) is 11.5 Å². The predicted molar refractivity (Wildman–Crippen MR) is 74.7 cm³/mol. The van der Waals surface area contributed by atoms with E-state index < -0.39 is 0 Å². The van der Waals surface area contributed by atoms with Crippen molar-refractivity contribution < 1.29 is 4.79 Å². The van der Waals surface area contributed by atoms with E-state index in [4.69, 9.17) is 0 Å². The summed E-state index contributed by atoms with van der Waals surface area (Å²) in [5, 5.41) is 6.25. The number of rotatable bonds is 3. The van der Waals surface area contributed by atoms with Crippen molar-refractivity contribution >= 4 is 34.2 Å². The third-order valence-corrected chi connectivity index (χ3v) is 3.35. The molecule has 0 bridgehead atoms. The Morgan fingerprint density at radius 1 is 1.41 bits per heavy atom. The van der Waals surface area contributed by atoms with Crippen molar-refractivity contribution in [3.8, 4) is 0 Å². The Labute approximate surface area is 116 Å². The minimum Gasteiger partial charge on any atom is -0.352 e. The van der Waals surface area contributed by atoms with E-state index in [9.17, 15) is 4.79 Å². The molecule has 17 heavy (non-hydrogen) atoms. The molecule has 0 radical (unpaired) electrons. The van der Waals surface area contributed by atoms with Crippen LogP contribution in [0.4, 0.5) is 0 Å². The number of nitrogens with one attached hydrogen (secondary N) is 2. The Balaban J connectivity index is 0.00000144. The lowest BCUT2D eigenvalue weighted by Gasteiger charge is -2.09. The largest absolute Gasteiger partial charge is 0.352 e. The van der Waals surface area contributed by atoms with Crippen molar-refractivity contribution in [2.45, 2.75) is 6.42 Å². The summed E-state index contributed by atoms with van der Waals surface area (Å²) in [6.45, 7) is 2.85. The third kappa shape index (κ3) is 4.30. The number of carbonyl (C=O) groups is 1. The molecule has 5 heteroatoms. The Kier molecular flexibility index (Phi) is 5.95. The fourth-order valence-corrected chi connectivity index (χ4v) is 2.09. The molecule has 0 aromatic heterocycles. The maximum atomic E-state index is 11.8. The summed E-state index contributed by atoms with van der Waals surface area (Å²) in [5.41, 5.74) is 0.717. The lowest BCUT2D eigenvalue weighted by molar-refractivity contribution is 0.0948. The van der Waals surface area contributed by atoms with Crippen LogP contribution in [-0.2, 0) is 0 Å². The number of benzene rings is 1. The molecule has 2 rings (SSSR count). The second-order valence-electron chi connectivity index (χ2n) is 4.08. The Bertz CT molecular complexity index is 363. The van der Waals surface area contributed by atoms with Gasteiger partial charge in [-0.1, -0.05) is 15.9 Å². The standard InChI is InChI=1S/C12H15BrN2O.ClH/c13-11-3-1-10(2-4-11)12(16)15-8-9-5-6-14-7-9;/h1-4,9,14H,5-8H2,(H,15,16);1H. The van der Waals surface area contributed by atoms with Gasteiger partial charge in [-0.15, -0.1) is 12.4 Å². The van der Waals surface area contributed by atoms with Crippen LogP contribution in [0.2, 0.25) is 0 Å². The molecule has 2 N–H and O–H groups in total. The van der Waals surface area contributed by atoms with Crippen LogP contribution >= 0.6 is 28.3 Å². The molecule has 1 fully saturated rings.